The van der Waals surface area contributed by atoms with E-state index >= 15 is 0 Å². The number of thioether (sulfide) groups is 1. The molecule has 0 aliphatic heterocycles. The number of aromatic nitrogens is 2. The van der Waals surface area contributed by atoms with Crippen molar-refractivity contribution >= 4 is 33.6 Å². The third-order valence-corrected chi connectivity index (χ3v) is 2.87. The van der Waals surface area contributed by atoms with E-state index in [1.54, 1.807) is 6.20 Å². The van der Waals surface area contributed by atoms with Gasteiger partial charge in [-0.05, 0) is 15.9 Å². The predicted molar refractivity (Wildman–Crippen MR) is 52.0 cm³/mol. The summed E-state index contributed by atoms with van der Waals surface area (Å²) < 4.78 is 0.801. The van der Waals surface area contributed by atoms with Gasteiger partial charge < -0.3 is 10.8 Å². The maximum Gasteiger partial charge on any atom is 0.221 e. The fourth-order valence-corrected chi connectivity index (χ4v) is 1.78. The van der Waals surface area contributed by atoms with Gasteiger partial charge in [-0.25, -0.2) is 9.97 Å². The van der Waals surface area contributed by atoms with Crippen molar-refractivity contribution in [1.82, 2.24) is 9.97 Å². The van der Waals surface area contributed by atoms with Crippen LogP contribution in [-0.2, 0) is 0 Å². The molecule has 0 fully saturated rings. The van der Waals surface area contributed by atoms with Gasteiger partial charge in [-0.3, -0.25) is 0 Å². The molecule has 0 spiro atoms. The van der Waals surface area contributed by atoms with Gasteiger partial charge in [-0.15, -0.1) is 11.8 Å². The van der Waals surface area contributed by atoms with Crippen LogP contribution in [-0.4, -0.2) is 27.4 Å². The van der Waals surface area contributed by atoms with Crippen molar-refractivity contribution in [3.05, 3.63) is 10.7 Å². The van der Waals surface area contributed by atoms with E-state index in [1.807, 2.05) is 0 Å². The van der Waals surface area contributed by atoms with E-state index in [9.17, 15) is 0 Å². The highest BCUT2D eigenvalue weighted by molar-refractivity contribution is 9.10. The van der Waals surface area contributed by atoms with Crippen molar-refractivity contribution in [2.24, 2.45) is 0 Å². The third-order valence-electron chi connectivity index (χ3n) is 1.06. The molecule has 3 N–H and O–H groups in total. The third kappa shape index (κ3) is 2.62. The molecule has 0 aliphatic rings. The molecule has 0 radical (unpaired) electrons. The van der Waals surface area contributed by atoms with Crippen molar-refractivity contribution < 1.29 is 5.11 Å². The molecule has 6 heteroatoms. The van der Waals surface area contributed by atoms with Gasteiger partial charge in [0.15, 0.2) is 0 Å². The van der Waals surface area contributed by atoms with Gasteiger partial charge in [0.05, 0.1) is 11.1 Å². The van der Waals surface area contributed by atoms with Gasteiger partial charge in [-0.1, -0.05) is 0 Å². The van der Waals surface area contributed by atoms with Gasteiger partial charge >= 0.3 is 0 Å². The predicted octanol–water partition coefficient (Wildman–Crippen LogP) is 0.906. The number of rotatable bonds is 3. The van der Waals surface area contributed by atoms with Crippen LogP contribution in [0.2, 0.25) is 0 Å². The first kappa shape index (κ1) is 9.76. The molecule has 0 amide bonds. The Morgan fingerprint density at radius 1 is 1.67 bits per heavy atom. The van der Waals surface area contributed by atoms with Crippen molar-refractivity contribution in [2.75, 3.05) is 18.1 Å². The molecule has 1 aromatic rings. The van der Waals surface area contributed by atoms with Crippen LogP contribution >= 0.6 is 27.7 Å². The Hall–Kier alpha value is -0.330. The Labute approximate surface area is 82.7 Å². The first-order valence-corrected chi connectivity index (χ1v) is 5.03. The second kappa shape index (κ2) is 4.64. The molecule has 0 unspecified atom stereocenters. The monoisotopic (exact) mass is 249 g/mol. The van der Waals surface area contributed by atoms with E-state index in [-0.39, 0.29) is 12.6 Å². The SMILES string of the molecule is Nc1ncc(Br)c(SCCO)n1. The van der Waals surface area contributed by atoms with Crippen LogP contribution in [0.25, 0.3) is 0 Å². The smallest absolute Gasteiger partial charge is 0.221 e. The zero-order chi connectivity index (χ0) is 8.97. The lowest BCUT2D eigenvalue weighted by molar-refractivity contribution is 0.322. The van der Waals surface area contributed by atoms with E-state index in [2.05, 4.69) is 25.9 Å². The van der Waals surface area contributed by atoms with Crippen molar-refractivity contribution in [2.45, 2.75) is 5.03 Å². The molecular weight excluding hydrogens is 242 g/mol. The van der Waals surface area contributed by atoms with Crippen molar-refractivity contribution in [3.63, 3.8) is 0 Å². The average molecular weight is 250 g/mol. The first-order valence-electron chi connectivity index (χ1n) is 3.25. The molecule has 1 aromatic heterocycles. The lowest BCUT2D eigenvalue weighted by Crippen LogP contribution is -1.97. The molecule has 0 saturated heterocycles. The van der Waals surface area contributed by atoms with E-state index in [4.69, 9.17) is 10.8 Å². The van der Waals surface area contributed by atoms with Gasteiger partial charge in [0.25, 0.3) is 0 Å². The minimum atomic E-state index is 0.126. The molecule has 0 bridgehead atoms. The molecule has 1 heterocycles. The fraction of sp³-hybridized carbons (Fsp3) is 0.333. The highest BCUT2D eigenvalue weighted by Crippen LogP contribution is 2.24. The second-order valence-corrected chi connectivity index (χ2v) is 3.89. The van der Waals surface area contributed by atoms with Gasteiger partial charge in [0, 0.05) is 11.9 Å². The summed E-state index contributed by atoms with van der Waals surface area (Å²) in [7, 11) is 0. The number of hydrogen-bond acceptors (Lipinski definition) is 5. The van der Waals surface area contributed by atoms with Gasteiger partial charge in [0.2, 0.25) is 5.95 Å². The molecule has 12 heavy (non-hydrogen) atoms. The maximum absolute atomic E-state index is 8.58. The lowest BCUT2D eigenvalue weighted by Gasteiger charge is -2.01. The minimum Gasteiger partial charge on any atom is -0.396 e. The fourth-order valence-electron chi connectivity index (χ4n) is 0.608. The van der Waals surface area contributed by atoms with Gasteiger partial charge in [-0.2, -0.15) is 0 Å². The summed E-state index contributed by atoms with van der Waals surface area (Å²) >= 11 is 4.71. The van der Waals surface area contributed by atoms with Crippen LogP contribution in [0.4, 0.5) is 5.95 Å². The van der Waals surface area contributed by atoms with E-state index in [1.165, 1.54) is 11.8 Å². The Morgan fingerprint density at radius 3 is 3.08 bits per heavy atom. The largest absolute Gasteiger partial charge is 0.396 e. The Kier molecular flexibility index (Phi) is 3.77. The van der Waals surface area contributed by atoms with Crippen LogP contribution < -0.4 is 5.73 Å². The summed E-state index contributed by atoms with van der Waals surface area (Å²) in [5.74, 6) is 0.855. The number of aliphatic hydroxyl groups excluding tert-OH is 1. The number of hydrogen-bond donors (Lipinski definition) is 2. The highest BCUT2D eigenvalue weighted by Gasteiger charge is 2.02. The van der Waals surface area contributed by atoms with E-state index < -0.39 is 0 Å². The molecule has 0 saturated carbocycles. The molecular formula is C6H8BrN3OS. The summed E-state index contributed by atoms with van der Waals surface area (Å²) in [6.45, 7) is 0.126. The molecule has 66 valence electrons. The Bertz CT molecular complexity index is 271. The normalized spacial score (nSPS) is 10.2. The summed E-state index contributed by atoms with van der Waals surface area (Å²) in [5.41, 5.74) is 5.38. The van der Waals surface area contributed by atoms with Crippen LogP contribution in [0.1, 0.15) is 0 Å². The second-order valence-electron chi connectivity index (χ2n) is 1.95. The van der Waals surface area contributed by atoms with Crippen molar-refractivity contribution in [1.29, 1.82) is 0 Å². The van der Waals surface area contributed by atoms with E-state index in [0.29, 0.717) is 5.75 Å². The zero-order valence-corrected chi connectivity index (χ0v) is 8.60. The standard InChI is InChI=1S/C6H8BrN3OS/c7-4-3-9-6(8)10-5(4)12-2-1-11/h3,11H,1-2H2,(H2,8,9,10). The van der Waals surface area contributed by atoms with Crippen LogP contribution in [0, 0.1) is 0 Å². The maximum atomic E-state index is 8.58. The lowest BCUT2D eigenvalue weighted by atomic mass is 10.7. The number of halogens is 1. The molecule has 0 aliphatic carbocycles. The average Bonchev–Trinajstić information content (AvgIpc) is 2.07. The Balaban J connectivity index is 2.75. The summed E-state index contributed by atoms with van der Waals surface area (Å²) in [6.07, 6.45) is 1.60. The van der Waals surface area contributed by atoms with E-state index in [0.717, 1.165) is 9.50 Å². The molecule has 0 atom stereocenters. The number of nitrogens with two attached hydrogens (primary N) is 1. The quantitative estimate of drug-likeness (QED) is 0.616. The molecule has 4 nitrogen and oxygen atoms in total. The minimum absolute atomic E-state index is 0.126. The summed E-state index contributed by atoms with van der Waals surface area (Å²) in [5, 5.41) is 9.34. The molecule has 1 rings (SSSR count). The Morgan fingerprint density at radius 2 is 2.42 bits per heavy atom. The van der Waals surface area contributed by atoms with Crippen LogP contribution in [0.5, 0.6) is 0 Å². The summed E-state index contributed by atoms with van der Waals surface area (Å²) in [4.78, 5) is 7.77. The van der Waals surface area contributed by atoms with Crippen molar-refractivity contribution in [3.8, 4) is 0 Å². The van der Waals surface area contributed by atoms with Crippen LogP contribution in [0.15, 0.2) is 15.7 Å². The number of aliphatic hydroxyl groups is 1. The highest BCUT2D eigenvalue weighted by atomic mass is 79.9. The zero-order valence-electron chi connectivity index (χ0n) is 6.20. The van der Waals surface area contributed by atoms with Gasteiger partial charge in [0.1, 0.15) is 5.03 Å². The number of nitrogen functional groups attached to an aromatic ring is 1. The number of nitrogens with zero attached hydrogens (tertiary/aromatic N) is 2. The summed E-state index contributed by atoms with van der Waals surface area (Å²) in [6, 6.07) is 0. The molecule has 0 aromatic carbocycles. The van der Waals surface area contributed by atoms with Crippen LogP contribution in [0.3, 0.4) is 0 Å². The number of anilines is 1. The topological polar surface area (TPSA) is 72.0 Å². The first-order chi connectivity index (χ1) is 5.74.